The minimum Gasteiger partial charge on any atom is -0.356 e. The Balaban J connectivity index is 2.16. The monoisotopic (exact) mass is 156 g/mol. The number of hydrogen-bond donors (Lipinski definition) is 2. The summed E-state index contributed by atoms with van der Waals surface area (Å²) in [6.45, 7) is 2.70. The van der Waals surface area contributed by atoms with Crippen LogP contribution in [0, 0.1) is 5.92 Å². The Kier molecular flexibility index (Phi) is 2.88. The molecular weight excluding hydrogens is 140 g/mol. The summed E-state index contributed by atoms with van der Waals surface area (Å²) in [6.07, 6.45) is 2.00. The maximum Gasteiger partial charge on any atom is 0.223 e. The van der Waals surface area contributed by atoms with E-state index in [1.165, 1.54) is 0 Å². The molecule has 0 aromatic carbocycles. The van der Waals surface area contributed by atoms with Crippen molar-refractivity contribution in [3.8, 4) is 0 Å². The van der Waals surface area contributed by atoms with E-state index in [0.29, 0.717) is 6.04 Å². The molecule has 64 valence electrons. The van der Waals surface area contributed by atoms with Crippen LogP contribution in [0.1, 0.15) is 19.8 Å². The second-order valence-electron chi connectivity index (χ2n) is 3.05. The molecule has 0 spiro atoms. The van der Waals surface area contributed by atoms with Gasteiger partial charge in [-0.3, -0.25) is 4.79 Å². The highest BCUT2D eigenvalue weighted by molar-refractivity contribution is 5.79. The van der Waals surface area contributed by atoms with Gasteiger partial charge in [0.15, 0.2) is 0 Å². The fourth-order valence-corrected chi connectivity index (χ4v) is 1.39. The predicted molar refractivity (Wildman–Crippen MR) is 44.3 cm³/mol. The average Bonchev–Trinajstić information content (AvgIpc) is 1.86. The molecule has 0 heterocycles. The summed E-state index contributed by atoms with van der Waals surface area (Å²) in [5, 5.41) is 5.97. The first-order valence-electron chi connectivity index (χ1n) is 4.23. The van der Waals surface area contributed by atoms with Gasteiger partial charge in [0.25, 0.3) is 0 Å². The van der Waals surface area contributed by atoms with E-state index < -0.39 is 0 Å². The molecule has 0 aliphatic heterocycles. The van der Waals surface area contributed by atoms with Crippen LogP contribution in [-0.2, 0) is 4.79 Å². The zero-order valence-electron chi connectivity index (χ0n) is 7.18. The first-order valence-corrected chi connectivity index (χ1v) is 4.23. The number of carbonyl (C=O) groups excluding carboxylic acids is 1. The van der Waals surface area contributed by atoms with Crippen molar-refractivity contribution in [3.05, 3.63) is 0 Å². The standard InChI is InChI=1S/C8H16N2O/c1-3-10-8(11)6-4-7(5-6)9-2/h6-7,9H,3-5H2,1-2H3,(H,10,11). The first kappa shape index (κ1) is 8.53. The molecule has 0 saturated heterocycles. The van der Waals surface area contributed by atoms with E-state index >= 15 is 0 Å². The highest BCUT2D eigenvalue weighted by Gasteiger charge is 2.32. The number of carbonyl (C=O) groups is 1. The van der Waals surface area contributed by atoms with Crippen LogP contribution < -0.4 is 10.6 Å². The van der Waals surface area contributed by atoms with Crippen LogP contribution >= 0.6 is 0 Å². The second-order valence-corrected chi connectivity index (χ2v) is 3.05. The Hall–Kier alpha value is -0.570. The smallest absolute Gasteiger partial charge is 0.223 e. The normalized spacial score (nSPS) is 29.3. The van der Waals surface area contributed by atoms with Crippen LogP contribution in [0.3, 0.4) is 0 Å². The van der Waals surface area contributed by atoms with Gasteiger partial charge in [-0.2, -0.15) is 0 Å². The summed E-state index contributed by atoms with van der Waals surface area (Å²) in [4.78, 5) is 11.1. The lowest BCUT2D eigenvalue weighted by Crippen LogP contribution is -2.46. The predicted octanol–water partition coefficient (Wildman–Crippen LogP) is 0.120. The number of amides is 1. The molecule has 0 radical (unpaired) electrons. The molecule has 3 nitrogen and oxygen atoms in total. The molecule has 0 atom stereocenters. The van der Waals surface area contributed by atoms with Crippen molar-refractivity contribution in [3.63, 3.8) is 0 Å². The van der Waals surface area contributed by atoms with Crippen molar-refractivity contribution < 1.29 is 4.79 Å². The topological polar surface area (TPSA) is 41.1 Å². The molecule has 0 aromatic rings. The molecule has 11 heavy (non-hydrogen) atoms. The molecule has 0 aromatic heterocycles. The molecular formula is C8H16N2O. The number of nitrogens with one attached hydrogen (secondary N) is 2. The van der Waals surface area contributed by atoms with Crippen molar-refractivity contribution in [1.82, 2.24) is 10.6 Å². The maximum absolute atomic E-state index is 11.1. The quantitative estimate of drug-likeness (QED) is 0.609. The summed E-state index contributed by atoms with van der Waals surface area (Å²) in [5.41, 5.74) is 0. The number of hydrogen-bond acceptors (Lipinski definition) is 2. The molecule has 1 saturated carbocycles. The Morgan fingerprint density at radius 3 is 2.64 bits per heavy atom. The molecule has 1 aliphatic carbocycles. The Morgan fingerprint density at radius 1 is 1.55 bits per heavy atom. The van der Waals surface area contributed by atoms with Gasteiger partial charge >= 0.3 is 0 Å². The molecule has 1 amide bonds. The first-order chi connectivity index (χ1) is 5.27. The minimum atomic E-state index is 0.221. The van der Waals surface area contributed by atoms with E-state index in [1.807, 2.05) is 14.0 Å². The summed E-state index contributed by atoms with van der Waals surface area (Å²) in [5.74, 6) is 0.492. The molecule has 0 unspecified atom stereocenters. The molecule has 1 aliphatic rings. The zero-order chi connectivity index (χ0) is 8.27. The number of rotatable bonds is 3. The lowest BCUT2D eigenvalue weighted by molar-refractivity contribution is -0.128. The third-order valence-corrected chi connectivity index (χ3v) is 2.27. The molecule has 2 N–H and O–H groups in total. The van der Waals surface area contributed by atoms with Gasteiger partial charge in [-0.05, 0) is 26.8 Å². The minimum absolute atomic E-state index is 0.221. The summed E-state index contributed by atoms with van der Waals surface area (Å²) >= 11 is 0. The maximum atomic E-state index is 11.1. The van der Waals surface area contributed by atoms with Gasteiger partial charge in [0.1, 0.15) is 0 Å². The lowest BCUT2D eigenvalue weighted by atomic mass is 9.80. The van der Waals surface area contributed by atoms with Gasteiger partial charge in [-0.25, -0.2) is 0 Å². The summed E-state index contributed by atoms with van der Waals surface area (Å²) in [6, 6.07) is 0.572. The van der Waals surface area contributed by atoms with Gasteiger partial charge in [-0.1, -0.05) is 0 Å². The van der Waals surface area contributed by atoms with E-state index in [-0.39, 0.29) is 11.8 Å². The van der Waals surface area contributed by atoms with Crippen LogP contribution in [0.5, 0.6) is 0 Å². The van der Waals surface area contributed by atoms with Crippen molar-refractivity contribution >= 4 is 5.91 Å². The zero-order valence-corrected chi connectivity index (χ0v) is 7.18. The van der Waals surface area contributed by atoms with Crippen molar-refractivity contribution in [1.29, 1.82) is 0 Å². The van der Waals surface area contributed by atoms with Gasteiger partial charge in [-0.15, -0.1) is 0 Å². The largest absolute Gasteiger partial charge is 0.356 e. The third kappa shape index (κ3) is 1.93. The Labute approximate surface area is 67.5 Å². The Bertz CT molecular complexity index is 141. The summed E-state index contributed by atoms with van der Waals surface area (Å²) in [7, 11) is 1.94. The van der Waals surface area contributed by atoms with Crippen molar-refractivity contribution in [2.75, 3.05) is 13.6 Å². The summed E-state index contributed by atoms with van der Waals surface area (Å²) < 4.78 is 0. The molecule has 1 fully saturated rings. The van der Waals surface area contributed by atoms with Gasteiger partial charge in [0, 0.05) is 18.5 Å². The SMILES string of the molecule is CCNC(=O)C1CC(NC)C1. The van der Waals surface area contributed by atoms with E-state index in [9.17, 15) is 4.79 Å². The highest BCUT2D eigenvalue weighted by atomic mass is 16.1. The highest BCUT2D eigenvalue weighted by Crippen LogP contribution is 2.26. The van der Waals surface area contributed by atoms with Crippen LogP contribution in [0.25, 0.3) is 0 Å². The Morgan fingerprint density at radius 2 is 2.18 bits per heavy atom. The van der Waals surface area contributed by atoms with Crippen LogP contribution in [0.2, 0.25) is 0 Å². The van der Waals surface area contributed by atoms with Crippen molar-refractivity contribution in [2.24, 2.45) is 5.92 Å². The molecule has 3 heteroatoms. The average molecular weight is 156 g/mol. The van der Waals surface area contributed by atoms with E-state index in [2.05, 4.69) is 10.6 Å². The molecule has 0 bridgehead atoms. The van der Waals surface area contributed by atoms with Gasteiger partial charge < -0.3 is 10.6 Å². The fraction of sp³-hybridized carbons (Fsp3) is 0.875. The van der Waals surface area contributed by atoms with Gasteiger partial charge in [0.2, 0.25) is 5.91 Å². The lowest BCUT2D eigenvalue weighted by Gasteiger charge is -2.33. The van der Waals surface area contributed by atoms with Crippen LogP contribution in [-0.4, -0.2) is 25.5 Å². The third-order valence-electron chi connectivity index (χ3n) is 2.27. The second kappa shape index (κ2) is 3.72. The van der Waals surface area contributed by atoms with E-state index in [0.717, 1.165) is 19.4 Å². The van der Waals surface area contributed by atoms with Crippen LogP contribution in [0.15, 0.2) is 0 Å². The van der Waals surface area contributed by atoms with E-state index in [1.54, 1.807) is 0 Å². The fourth-order valence-electron chi connectivity index (χ4n) is 1.39. The van der Waals surface area contributed by atoms with Crippen molar-refractivity contribution in [2.45, 2.75) is 25.8 Å². The van der Waals surface area contributed by atoms with E-state index in [4.69, 9.17) is 0 Å². The molecule has 1 rings (SSSR count). The van der Waals surface area contributed by atoms with Gasteiger partial charge in [0.05, 0.1) is 0 Å². The van der Waals surface area contributed by atoms with Crippen LogP contribution in [0.4, 0.5) is 0 Å².